The molecule has 1 unspecified atom stereocenters. The van der Waals surface area contributed by atoms with Gasteiger partial charge in [0.2, 0.25) is 0 Å². The topological polar surface area (TPSA) is 17.8 Å². The minimum atomic E-state index is 0.500. The van der Waals surface area contributed by atoms with E-state index >= 15 is 0 Å². The van der Waals surface area contributed by atoms with Gasteiger partial charge in [-0.05, 0) is 65.0 Å². The first-order chi connectivity index (χ1) is 12.2. The van der Waals surface area contributed by atoms with Crippen molar-refractivity contribution in [1.29, 1.82) is 0 Å². The van der Waals surface area contributed by atoms with Gasteiger partial charge in [0.1, 0.15) is 0 Å². The quantitative estimate of drug-likeness (QED) is 0.377. The Balaban J connectivity index is 1.61. The molecule has 130 valence electrons. The number of thioether (sulfide) groups is 1. The minimum absolute atomic E-state index is 0.500. The van der Waals surface area contributed by atoms with Crippen molar-refractivity contribution in [1.82, 2.24) is 9.55 Å². The molecule has 0 aliphatic heterocycles. The number of imidazole rings is 1. The standard InChI is InChI=1S/C20H20BrClN2S/c21-19-6-1-2-7-20(19)25-18(14-24-13-12-23-15-24)5-3-4-16-8-10-17(22)11-9-16/h1-2,6-13,15,18H,3-5,14H2. The van der Waals surface area contributed by atoms with Crippen molar-refractivity contribution in [2.75, 3.05) is 0 Å². The summed E-state index contributed by atoms with van der Waals surface area (Å²) in [5.74, 6) is 0. The van der Waals surface area contributed by atoms with E-state index in [4.69, 9.17) is 11.6 Å². The van der Waals surface area contributed by atoms with E-state index in [2.05, 4.69) is 61.9 Å². The molecule has 3 aromatic rings. The lowest BCUT2D eigenvalue weighted by Gasteiger charge is -2.18. The number of hydrogen-bond acceptors (Lipinski definition) is 2. The fraction of sp³-hybridized carbons (Fsp3) is 0.250. The Labute approximate surface area is 166 Å². The molecular formula is C20H20BrClN2S. The van der Waals surface area contributed by atoms with E-state index in [1.165, 1.54) is 10.5 Å². The number of benzene rings is 2. The fourth-order valence-corrected chi connectivity index (χ4v) is 4.64. The zero-order valence-corrected chi connectivity index (χ0v) is 17.0. The van der Waals surface area contributed by atoms with Crippen LogP contribution in [0.3, 0.4) is 0 Å². The van der Waals surface area contributed by atoms with Gasteiger partial charge in [0.05, 0.1) is 6.33 Å². The molecule has 2 nitrogen and oxygen atoms in total. The molecule has 1 atom stereocenters. The highest BCUT2D eigenvalue weighted by atomic mass is 79.9. The lowest BCUT2D eigenvalue weighted by molar-refractivity contribution is 0.601. The minimum Gasteiger partial charge on any atom is -0.336 e. The van der Waals surface area contributed by atoms with Gasteiger partial charge in [-0.25, -0.2) is 4.98 Å². The van der Waals surface area contributed by atoms with Gasteiger partial charge in [-0.15, -0.1) is 11.8 Å². The van der Waals surface area contributed by atoms with Gasteiger partial charge >= 0.3 is 0 Å². The second-order valence-electron chi connectivity index (χ2n) is 5.95. The van der Waals surface area contributed by atoms with Crippen LogP contribution in [0, 0.1) is 0 Å². The molecule has 3 rings (SSSR count). The van der Waals surface area contributed by atoms with Gasteiger partial charge in [-0.1, -0.05) is 35.9 Å². The van der Waals surface area contributed by atoms with Crippen LogP contribution in [0.2, 0.25) is 5.02 Å². The lowest BCUT2D eigenvalue weighted by atomic mass is 10.1. The van der Waals surface area contributed by atoms with Gasteiger partial charge in [-0.2, -0.15) is 0 Å². The third kappa shape index (κ3) is 5.91. The van der Waals surface area contributed by atoms with Crippen molar-refractivity contribution in [2.24, 2.45) is 0 Å². The third-order valence-corrected chi connectivity index (χ3v) is 6.54. The van der Waals surface area contributed by atoms with Crippen LogP contribution in [0.1, 0.15) is 18.4 Å². The van der Waals surface area contributed by atoms with Crippen molar-refractivity contribution in [2.45, 2.75) is 36.0 Å². The zero-order valence-electron chi connectivity index (χ0n) is 13.8. The first kappa shape index (κ1) is 18.6. The predicted octanol–water partition coefficient (Wildman–Crippen LogP) is 6.48. The lowest BCUT2D eigenvalue weighted by Crippen LogP contribution is -2.12. The van der Waals surface area contributed by atoms with Crippen LogP contribution in [0.5, 0.6) is 0 Å². The number of nitrogens with zero attached hydrogens (tertiary/aromatic N) is 2. The van der Waals surface area contributed by atoms with Crippen LogP contribution in [-0.4, -0.2) is 14.8 Å². The number of aromatic nitrogens is 2. The van der Waals surface area contributed by atoms with Crippen LogP contribution in [0.25, 0.3) is 0 Å². The van der Waals surface area contributed by atoms with E-state index < -0.39 is 0 Å². The molecule has 0 amide bonds. The summed E-state index contributed by atoms with van der Waals surface area (Å²) >= 11 is 11.6. The predicted molar refractivity (Wildman–Crippen MR) is 110 cm³/mol. The monoisotopic (exact) mass is 434 g/mol. The van der Waals surface area contributed by atoms with E-state index in [1.807, 2.05) is 42.6 Å². The molecular weight excluding hydrogens is 416 g/mol. The summed E-state index contributed by atoms with van der Waals surface area (Å²) in [4.78, 5) is 5.46. The summed E-state index contributed by atoms with van der Waals surface area (Å²) in [6.07, 6.45) is 9.15. The van der Waals surface area contributed by atoms with Gasteiger partial charge in [-0.3, -0.25) is 0 Å². The van der Waals surface area contributed by atoms with Gasteiger partial charge in [0, 0.05) is 38.6 Å². The van der Waals surface area contributed by atoms with Crippen molar-refractivity contribution in [3.8, 4) is 0 Å². The van der Waals surface area contributed by atoms with Crippen LogP contribution in [0.4, 0.5) is 0 Å². The molecule has 1 heterocycles. The highest BCUT2D eigenvalue weighted by Crippen LogP contribution is 2.33. The first-order valence-corrected chi connectivity index (χ1v) is 10.4. The van der Waals surface area contributed by atoms with Crippen LogP contribution in [0.15, 0.2) is 76.6 Å². The van der Waals surface area contributed by atoms with Crippen LogP contribution < -0.4 is 0 Å². The van der Waals surface area contributed by atoms with Gasteiger partial charge < -0.3 is 4.57 Å². The molecule has 0 fully saturated rings. The number of hydrogen-bond donors (Lipinski definition) is 0. The smallest absolute Gasteiger partial charge is 0.0946 e. The Morgan fingerprint density at radius 1 is 1.12 bits per heavy atom. The van der Waals surface area contributed by atoms with Crippen molar-refractivity contribution < 1.29 is 0 Å². The number of rotatable bonds is 8. The van der Waals surface area contributed by atoms with Crippen molar-refractivity contribution in [3.63, 3.8) is 0 Å². The Morgan fingerprint density at radius 3 is 2.64 bits per heavy atom. The van der Waals surface area contributed by atoms with E-state index in [-0.39, 0.29) is 0 Å². The van der Waals surface area contributed by atoms with E-state index in [9.17, 15) is 0 Å². The normalized spacial score (nSPS) is 12.2. The Bertz CT molecular complexity index is 775. The largest absolute Gasteiger partial charge is 0.336 e. The second-order valence-corrected chi connectivity index (χ2v) is 8.58. The molecule has 0 saturated heterocycles. The molecule has 5 heteroatoms. The molecule has 0 saturated carbocycles. The molecule has 0 aliphatic rings. The number of halogens is 2. The molecule has 0 spiro atoms. The molecule has 2 aromatic carbocycles. The van der Waals surface area contributed by atoms with Gasteiger partial charge in [0.15, 0.2) is 0 Å². The average Bonchev–Trinajstić information content (AvgIpc) is 3.11. The summed E-state index contributed by atoms with van der Waals surface area (Å²) in [5.41, 5.74) is 1.34. The first-order valence-electron chi connectivity index (χ1n) is 8.32. The van der Waals surface area contributed by atoms with Crippen LogP contribution >= 0.6 is 39.3 Å². The highest BCUT2D eigenvalue weighted by molar-refractivity contribution is 9.10. The van der Waals surface area contributed by atoms with E-state index in [0.717, 1.165) is 35.3 Å². The zero-order chi connectivity index (χ0) is 17.5. The van der Waals surface area contributed by atoms with E-state index in [0.29, 0.717) is 5.25 Å². The summed E-state index contributed by atoms with van der Waals surface area (Å²) in [6.45, 7) is 0.965. The Hall–Kier alpha value is -1.23. The highest BCUT2D eigenvalue weighted by Gasteiger charge is 2.13. The third-order valence-electron chi connectivity index (χ3n) is 4.01. The summed E-state index contributed by atoms with van der Waals surface area (Å²) in [6, 6.07) is 16.6. The van der Waals surface area contributed by atoms with Crippen molar-refractivity contribution >= 4 is 39.3 Å². The molecule has 0 N–H and O–H groups in total. The molecule has 0 radical (unpaired) electrons. The Kier molecular flexibility index (Phi) is 7.02. The molecule has 1 aromatic heterocycles. The summed E-state index contributed by atoms with van der Waals surface area (Å²) in [7, 11) is 0. The van der Waals surface area contributed by atoms with Crippen molar-refractivity contribution in [3.05, 3.63) is 82.3 Å². The van der Waals surface area contributed by atoms with Gasteiger partial charge in [0.25, 0.3) is 0 Å². The second kappa shape index (κ2) is 9.46. The maximum Gasteiger partial charge on any atom is 0.0946 e. The summed E-state index contributed by atoms with van der Waals surface area (Å²) in [5, 5.41) is 1.30. The van der Waals surface area contributed by atoms with E-state index in [1.54, 1.807) is 0 Å². The Morgan fingerprint density at radius 2 is 1.92 bits per heavy atom. The molecule has 0 aliphatic carbocycles. The fourth-order valence-electron chi connectivity index (χ4n) is 2.72. The summed E-state index contributed by atoms with van der Waals surface area (Å²) < 4.78 is 3.32. The molecule has 0 bridgehead atoms. The number of aryl methyl sites for hydroxylation is 1. The SMILES string of the molecule is Clc1ccc(CCCC(Cn2ccnc2)Sc2ccccc2Br)cc1. The van der Waals surface area contributed by atoms with Crippen LogP contribution in [-0.2, 0) is 13.0 Å². The maximum atomic E-state index is 5.96. The maximum absolute atomic E-state index is 5.96. The molecule has 25 heavy (non-hydrogen) atoms. The average molecular weight is 436 g/mol.